The van der Waals surface area contributed by atoms with Gasteiger partial charge in [0.25, 0.3) is 0 Å². The molecule has 3 rings (SSSR count). The molecular weight excluding hydrogens is 266 g/mol. The number of rotatable bonds is 4. The first-order valence-corrected chi connectivity index (χ1v) is 6.69. The van der Waals surface area contributed by atoms with Crippen molar-refractivity contribution in [1.29, 1.82) is 0 Å². The van der Waals surface area contributed by atoms with Gasteiger partial charge in [-0.2, -0.15) is 0 Å². The van der Waals surface area contributed by atoms with Crippen LogP contribution in [0.3, 0.4) is 0 Å². The van der Waals surface area contributed by atoms with Crippen molar-refractivity contribution in [3.8, 4) is 0 Å². The fourth-order valence-electron chi connectivity index (χ4n) is 2.51. The van der Waals surface area contributed by atoms with Gasteiger partial charge in [-0.05, 0) is 23.3 Å². The average Bonchev–Trinajstić information content (AvgIpc) is 2.91. The van der Waals surface area contributed by atoms with Crippen LogP contribution in [0.4, 0.5) is 0 Å². The highest BCUT2D eigenvalue weighted by atomic mass is 16.4. The van der Waals surface area contributed by atoms with Crippen LogP contribution < -0.4 is 0 Å². The van der Waals surface area contributed by atoms with Crippen molar-refractivity contribution in [2.45, 2.75) is 13.2 Å². The maximum atomic E-state index is 11.4. The summed E-state index contributed by atoms with van der Waals surface area (Å²) in [5.41, 5.74) is 2.97. The molecule has 1 aromatic heterocycles. The lowest BCUT2D eigenvalue weighted by molar-refractivity contribution is 0.0698. The highest BCUT2D eigenvalue weighted by Gasteiger charge is 2.12. The number of carbonyl (C=O) groups is 1. The summed E-state index contributed by atoms with van der Waals surface area (Å²) in [5, 5.41) is 19.3. The molecular formula is C17H15NO3. The number of aliphatic hydroxyl groups is 1. The Hall–Kier alpha value is -2.59. The van der Waals surface area contributed by atoms with Crippen LogP contribution in [-0.2, 0) is 13.2 Å². The lowest BCUT2D eigenvalue weighted by Gasteiger charge is -2.08. The van der Waals surface area contributed by atoms with E-state index in [1.54, 1.807) is 12.1 Å². The molecule has 0 saturated heterocycles. The number of nitrogens with zero attached hydrogens (tertiary/aromatic N) is 1. The van der Waals surface area contributed by atoms with Crippen molar-refractivity contribution in [2.75, 3.05) is 0 Å². The Bertz CT molecular complexity index is 787. The van der Waals surface area contributed by atoms with Crippen LogP contribution in [0.5, 0.6) is 0 Å². The van der Waals surface area contributed by atoms with E-state index in [1.807, 2.05) is 47.2 Å². The fourth-order valence-corrected chi connectivity index (χ4v) is 2.51. The highest BCUT2D eigenvalue weighted by Crippen LogP contribution is 2.21. The van der Waals surface area contributed by atoms with E-state index < -0.39 is 5.97 Å². The maximum Gasteiger partial charge on any atom is 0.337 e. The second kappa shape index (κ2) is 5.42. The van der Waals surface area contributed by atoms with Crippen LogP contribution >= 0.6 is 0 Å². The van der Waals surface area contributed by atoms with Gasteiger partial charge in [-0.1, -0.05) is 36.4 Å². The van der Waals surface area contributed by atoms with E-state index in [0.717, 1.165) is 22.0 Å². The van der Waals surface area contributed by atoms with Gasteiger partial charge in [-0.3, -0.25) is 0 Å². The number of para-hydroxylation sites is 1. The molecule has 4 heteroatoms. The van der Waals surface area contributed by atoms with Crippen LogP contribution in [0.1, 0.15) is 21.5 Å². The molecule has 2 aromatic carbocycles. The third-order valence-electron chi connectivity index (χ3n) is 3.58. The molecule has 0 saturated carbocycles. The van der Waals surface area contributed by atoms with E-state index in [9.17, 15) is 9.90 Å². The number of aliphatic hydroxyl groups excluding tert-OH is 1. The molecule has 2 N–H and O–H groups in total. The van der Waals surface area contributed by atoms with Crippen LogP contribution in [0.2, 0.25) is 0 Å². The Morgan fingerprint density at radius 2 is 1.71 bits per heavy atom. The SMILES string of the molecule is O=C(O)c1cccc2ccn(Cc3ccc(CO)cc3)c12. The van der Waals surface area contributed by atoms with Crippen molar-refractivity contribution in [3.63, 3.8) is 0 Å². The van der Waals surface area contributed by atoms with Crippen molar-refractivity contribution in [3.05, 3.63) is 71.4 Å². The summed E-state index contributed by atoms with van der Waals surface area (Å²) in [6.45, 7) is 0.620. The Labute approximate surface area is 121 Å². The zero-order chi connectivity index (χ0) is 14.8. The third kappa shape index (κ3) is 2.53. The van der Waals surface area contributed by atoms with Gasteiger partial charge in [0.05, 0.1) is 17.7 Å². The maximum absolute atomic E-state index is 11.4. The molecule has 0 bridgehead atoms. The minimum absolute atomic E-state index is 0.0237. The van der Waals surface area contributed by atoms with Crippen LogP contribution in [0.15, 0.2) is 54.7 Å². The minimum Gasteiger partial charge on any atom is -0.478 e. The Morgan fingerprint density at radius 1 is 1.00 bits per heavy atom. The van der Waals surface area contributed by atoms with Gasteiger partial charge in [-0.25, -0.2) is 4.79 Å². The molecule has 0 radical (unpaired) electrons. The fraction of sp³-hybridized carbons (Fsp3) is 0.118. The van der Waals surface area contributed by atoms with Gasteiger partial charge in [0.1, 0.15) is 0 Å². The van der Waals surface area contributed by atoms with E-state index in [2.05, 4.69) is 0 Å². The number of hydrogen-bond donors (Lipinski definition) is 2. The predicted octanol–water partition coefficient (Wildman–Crippen LogP) is 2.88. The summed E-state index contributed by atoms with van der Waals surface area (Å²) >= 11 is 0. The van der Waals surface area contributed by atoms with E-state index in [1.165, 1.54) is 0 Å². The Kier molecular flexibility index (Phi) is 3.46. The molecule has 1 heterocycles. The molecule has 0 spiro atoms. The van der Waals surface area contributed by atoms with Gasteiger partial charge < -0.3 is 14.8 Å². The molecule has 21 heavy (non-hydrogen) atoms. The molecule has 106 valence electrons. The third-order valence-corrected chi connectivity index (χ3v) is 3.58. The first kappa shape index (κ1) is 13.4. The molecule has 4 nitrogen and oxygen atoms in total. The van der Waals surface area contributed by atoms with Crippen molar-refractivity contribution in [1.82, 2.24) is 4.57 Å². The first-order chi connectivity index (χ1) is 10.2. The van der Waals surface area contributed by atoms with Gasteiger partial charge >= 0.3 is 5.97 Å². The van der Waals surface area contributed by atoms with Gasteiger partial charge in [0.15, 0.2) is 0 Å². The number of carboxylic acid groups (broad SMARTS) is 1. The molecule has 0 aliphatic carbocycles. The van der Waals surface area contributed by atoms with Gasteiger partial charge in [-0.15, -0.1) is 0 Å². The highest BCUT2D eigenvalue weighted by molar-refractivity contribution is 6.02. The van der Waals surface area contributed by atoms with E-state index in [-0.39, 0.29) is 6.61 Å². The van der Waals surface area contributed by atoms with Crippen LogP contribution in [0.25, 0.3) is 10.9 Å². The molecule has 0 amide bonds. The van der Waals surface area contributed by atoms with E-state index in [4.69, 9.17) is 5.11 Å². The van der Waals surface area contributed by atoms with Crippen molar-refractivity contribution < 1.29 is 15.0 Å². The molecule has 3 aromatic rings. The predicted molar refractivity (Wildman–Crippen MR) is 80.4 cm³/mol. The van der Waals surface area contributed by atoms with Gasteiger partial charge in [0.2, 0.25) is 0 Å². The summed E-state index contributed by atoms with van der Waals surface area (Å²) in [7, 11) is 0. The summed E-state index contributed by atoms with van der Waals surface area (Å²) in [6.07, 6.45) is 1.90. The minimum atomic E-state index is -0.920. The number of aromatic nitrogens is 1. The lowest BCUT2D eigenvalue weighted by Crippen LogP contribution is -2.04. The second-order valence-electron chi connectivity index (χ2n) is 4.97. The quantitative estimate of drug-likeness (QED) is 0.773. The smallest absolute Gasteiger partial charge is 0.337 e. The van der Waals surface area contributed by atoms with Crippen molar-refractivity contribution in [2.24, 2.45) is 0 Å². The molecule has 0 aliphatic rings. The lowest BCUT2D eigenvalue weighted by atomic mass is 10.1. The summed E-state index contributed by atoms with van der Waals surface area (Å²) < 4.78 is 1.94. The zero-order valence-corrected chi connectivity index (χ0v) is 11.4. The Morgan fingerprint density at radius 3 is 2.38 bits per heavy atom. The summed E-state index contributed by atoms with van der Waals surface area (Å²) in [4.78, 5) is 11.4. The van der Waals surface area contributed by atoms with E-state index >= 15 is 0 Å². The first-order valence-electron chi connectivity index (χ1n) is 6.69. The average molecular weight is 281 g/mol. The largest absolute Gasteiger partial charge is 0.478 e. The standard InChI is InChI=1S/C17H15NO3/c19-11-13-6-4-12(5-7-13)10-18-9-8-14-2-1-3-15(16(14)18)17(20)21/h1-9,19H,10-11H2,(H,20,21). The number of fused-ring (bicyclic) bond motifs is 1. The topological polar surface area (TPSA) is 62.5 Å². The number of benzene rings is 2. The summed E-state index contributed by atoms with van der Waals surface area (Å²) in [6, 6.07) is 14.8. The summed E-state index contributed by atoms with van der Waals surface area (Å²) in [5.74, 6) is -0.920. The number of carboxylic acids is 1. The monoisotopic (exact) mass is 281 g/mol. The molecule has 0 unspecified atom stereocenters. The number of hydrogen-bond acceptors (Lipinski definition) is 2. The molecule has 0 aliphatic heterocycles. The van der Waals surface area contributed by atoms with E-state index in [0.29, 0.717) is 12.1 Å². The zero-order valence-electron chi connectivity index (χ0n) is 11.4. The second-order valence-corrected chi connectivity index (χ2v) is 4.97. The van der Waals surface area contributed by atoms with Crippen LogP contribution in [0, 0.1) is 0 Å². The van der Waals surface area contributed by atoms with Gasteiger partial charge in [0, 0.05) is 18.1 Å². The number of aromatic carboxylic acids is 1. The molecule has 0 atom stereocenters. The Balaban J connectivity index is 2.02. The van der Waals surface area contributed by atoms with Crippen molar-refractivity contribution >= 4 is 16.9 Å². The normalized spacial score (nSPS) is 10.9. The van der Waals surface area contributed by atoms with Crippen LogP contribution in [-0.4, -0.2) is 20.7 Å². The molecule has 0 fully saturated rings.